The van der Waals surface area contributed by atoms with Gasteiger partial charge in [0.25, 0.3) is 5.91 Å². The molecule has 5 rings (SSSR count). The smallest absolute Gasteiger partial charge is 0.372 e. The van der Waals surface area contributed by atoms with Crippen LogP contribution in [0.3, 0.4) is 0 Å². The van der Waals surface area contributed by atoms with E-state index in [0.717, 1.165) is 6.20 Å². The van der Waals surface area contributed by atoms with Crippen molar-refractivity contribution in [3.05, 3.63) is 64.1 Å². The molecule has 0 aliphatic carbocycles. The van der Waals surface area contributed by atoms with Gasteiger partial charge in [-0.15, -0.1) is 0 Å². The number of halogens is 4. The van der Waals surface area contributed by atoms with Gasteiger partial charge >= 0.3 is 6.18 Å². The number of nitrogens with zero attached hydrogens (tertiary/aromatic N) is 5. The summed E-state index contributed by atoms with van der Waals surface area (Å²) in [5.74, 6) is -1.25. The molecule has 3 unspecified atom stereocenters. The highest BCUT2D eigenvalue weighted by Crippen LogP contribution is 2.37. The molecule has 1 amide bonds. The van der Waals surface area contributed by atoms with Crippen molar-refractivity contribution in [1.82, 2.24) is 19.9 Å². The Labute approximate surface area is 245 Å². The fraction of sp³-hybridized carbons (Fsp3) is 0.448. The molecule has 0 radical (unpaired) electrons. The molecule has 3 atom stereocenters. The number of amides is 1. The van der Waals surface area contributed by atoms with Crippen LogP contribution in [0.5, 0.6) is 0 Å². The summed E-state index contributed by atoms with van der Waals surface area (Å²) >= 11 is 0. The van der Waals surface area contributed by atoms with Crippen molar-refractivity contribution in [2.45, 2.75) is 45.2 Å². The Bertz CT molecular complexity index is 1540. The minimum atomic E-state index is -4.94. The number of carbonyl (C=O) groups excluding carboxylic acids is 1. The van der Waals surface area contributed by atoms with Crippen LogP contribution >= 0.6 is 0 Å². The van der Waals surface area contributed by atoms with Crippen molar-refractivity contribution in [1.29, 1.82) is 0 Å². The fourth-order valence-electron chi connectivity index (χ4n) is 5.46. The number of benzene rings is 1. The van der Waals surface area contributed by atoms with Crippen LogP contribution in [0.15, 0.2) is 41.6 Å². The molecule has 0 saturated carbocycles. The number of carbonyl (C=O) groups is 1. The minimum absolute atomic E-state index is 0.0132. The largest absolute Gasteiger partial charge is 0.417 e. The van der Waals surface area contributed by atoms with E-state index in [1.54, 1.807) is 0 Å². The van der Waals surface area contributed by atoms with Gasteiger partial charge in [-0.05, 0) is 40.0 Å². The van der Waals surface area contributed by atoms with Crippen molar-refractivity contribution in [3.63, 3.8) is 0 Å². The number of pyridine rings is 1. The second-order valence-electron chi connectivity index (χ2n) is 11.1. The van der Waals surface area contributed by atoms with E-state index in [4.69, 9.17) is 4.74 Å². The SMILES string of the molecule is CC1CN(c2ncc(-c3cc(NC(=O)c4c[nH]c(=O)cc4C(F)(F)F)c(N4CCN(C)C(C)C4)cc3F)cn2)CC(C)O1. The first-order valence-corrected chi connectivity index (χ1v) is 13.9. The lowest BCUT2D eigenvalue weighted by Gasteiger charge is -2.39. The molecule has 2 saturated heterocycles. The summed E-state index contributed by atoms with van der Waals surface area (Å²) in [5, 5.41) is 2.55. The van der Waals surface area contributed by atoms with E-state index < -0.39 is 34.6 Å². The normalized spacial score (nSPS) is 21.6. The molecule has 0 bridgehead atoms. The number of morpholine rings is 1. The summed E-state index contributed by atoms with van der Waals surface area (Å²) in [6, 6.07) is 3.08. The molecule has 4 heterocycles. The van der Waals surface area contributed by atoms with Gasteiger partial charge in [-0.2, -0.15) is 13.2 Å². The molecule has 1 aromatic carbocycles. The number of piperazine rings is 1. The minimum Gasteiger partial charge on any atom is -0.372 e. The van der Waals surface area contributed by atoms with Gasteiger partial charge < -0.3 is 29.7 Å². The monoisotopic (exact) mass is 603 g/mol. The summed E-state index contributed by atoms with van der Waals surface area (Å²) in [6.07, 6.45) is -1.31. The van der Waals surface area contributed by atoms with Crippen molar-refractivity contribution < 1.29 is 27.1 Å². The highest BCUT2D eigenvalue weighted by Gasteiger charge is 2.36. The molecule has 3 aromatic rings. The van der Waals surface area contributed by atoms with Gasteiger partial charge in [-0.25, -0.2) is 14.4 Å². The summed E-state index contributed by atoms with van der Waals surface area (Å²) in [4.78, 5) is 41.9. The topological polar surface area (TPSA) is 107 Å². The molecule has 2 N–H and O–H groups in total. The molecule has 10 nitrogen and oxygen atoms in total. The Morgan fingerprint density at radius 3 is 2.33 bits per heavy atom. The molecular weight excluding hydrogens is 570 g/mol. The molecular formula is C29H33F4N7O3. The van der Waals surface area contributed by atoms with E-state index in [2.05, 4.69) is 25.2 Å². The standard InChI is InChI=1S/C29H33F4N7O3/c1-16-13-39(6-5-38(16)4)25-9-23(30)20(19-10-35-28(36-11-19)40-14-17(2)43-18(3)15-40)7-24(25)37-27(42)21-12-34-26(41)8-22(21)29(31,32)33/h7-12,16-18H,5-6,13-15H2,1-4H3,(H,34,41)(H,37,42). The zero-order valence-corrected chi connectivity index (χ0v) is 24.2. The van der Waals surface area contributed by atoms with Gasteiger partial charge in [0.05, 0.1) is 34.7 Å². The third-order valence-electron chi connectivity index (χ3n) is 7.76. The first-order chi connectivity index (χ1) is 20.3. The van der Waals surface area contributed by atoms with E-state index in [9.17, 15) is 22.8 Å². The second-order valence-corrected chi connectivity index (χ2v) is 11.1. The number of hydrogen-bond donors (Lipinski definition) is 2. The molecule has 0 spiro atoms. The predicted octanol–water partition coefficient (Wildman–Crippen LogP) is 4.00. The summed E-state index contributed by atoms with van der Waals surface area (Å²) in [6.45, 7) is 8.76. The van der Waals surface area contributed by atoms with Crippen molar-refractivity contribution in [3.8, 4) is 11.1 Å². The summed E-state index contributed by atoms with van der Waals surface area (Å²) in [5.41, 5.74) is -2.32. The van der Waals surface area contributed by atoms with E-state index in [-0.39, 0.29) is 29.5 Å². The Morgan fingerprint density at radius 2 is 1.70 bits per heavy atom. The number of nitrogens with one attached hydrogen (secondary N) is 2. The van der Waals surface area contributed by atoms with Crippen LogP contribution in [0.1, 0.15) is 36.7 Å². The fourth-order valence-corrected chi connectivity index (χ4v) is 5.46. The molecule has 2 fully saturated rings. The van der Waals surface area contributed by atoms with Gasteiger partial charge in [0, 0.05) is 74.5 Å². The number of hydrogen-bond acceptors (Lipinski definition) is 8. The van der Waals surface area contributed by atoms with Gasteiger partial charge in [0.15, 0.2) is 0 Å². The summed E-state index contributed by atoms with van der Waals surface area (Å²) in [7, 11) is 1.96. The lowest BCUT2D eigenvalue weighted by Crippen LogP contribution is -2.50. The third kappa shape index (κ3) is 6.64. The van der Waals surface area contributed by atoms with Gasteiger partial charge in [-0.1, -0.05) is 0 Å². The number of anilines is 3. The zero-order valence-electron chi connectivity index (χ0n) is 24.2. The lowest BCUT2D eigenvalue weighted by atomic mass is 10.0. The van der Waals surface area contributed by atoms with Gasteiger partial charge in [0.2, 0.25) is 11.5 Å². The van der Waals surface area contributed by atoms with E-state index in [1.165, 1.54) is 24.5 Å². The second kappa shape index (κ2) is 11.9. The first-order valence-electron chi connectivity index (χ1n) is 13.9. The quantitative estimate of drug-likeness (QED) is 0.422. The number of aromatic nitrogens is 3. The van der Waals surface area contributed by atoms with Crippen LogP contribution in [-0.4, -0.2) is 83.8 Å². The molecule has 2 aromatic heterocycles. The van der Waals surface area contributed by atoms with Crippen molar-refractivity contribution in [2.75, 3.05) is 54.9 Å². The number of alkyl halides is 3. The Kier molecular flexibility index (Phi) is 8.43. The molecule has 230 valence electrons. The van der Waals surface area contributed by atoms with Crippen LogP contribution in [0, 0.1) is 5.82 Å². The maximum absolute atomic E-state index is 15.7. The first kappa shape index (κ1) is 30.4. The Morgan fingerprint density at radius 1 is 1.02 bits per heavy atom. The van der Waals surface area contributed by atoms with Gasteiger partial charge in [0.1, 0.15) is 5.82 Å². The van der Waals surface area contributed by atoms with Crippen LogP contribution in [0.4, 0.5) is 34.9 Å². The van der Waals surface area contributed by atoms with Crippen LogP contribution in [0.2, 0.25) is 0 Å². The Hall–Kier alpha value is -4.04. The maximum Gasteiger partial charge on any atom is 0.417 e. The van der Waals surface area contributed by atoms with E-state index in [0.29, 0.717) is 56.0 Å². The molecule has 2 aliphatic rings. The van der Waals surface area contributed by atoms with E-state index >= 15 is 4.39 Å². The number of H-pyrrole nitrogens is 1. The number of ether oxygens (including phenoxy) is 1. The average Bonchev–Trinajstić information content (AvgIpc) is 2.94. The Balaban J connectivity index is 1.52. The van der Waals surface area contributed by atoms with Crippen LogP contribution in [0.25, 0.3) is 11.1 Å². The van der Waals surface area contributed by atoms with Crippen molar-refractivity contribution in [2.24, 2.45) is 0 Å². The van der Waals surface area contributed by atoms with Crippen LogP contribution in [-0.2, 0) is 10.9 Å². The molecule has 14 heteroatoms. The summed E-state index contributed by atoms with van der Waals surface area (Å²) < 4.78 is 62.6. The molecule has 43 heavy (non-hydrogen) atoms. The number of aromatic amines is 1. The van der Waals surface area contributed by atoms with E-state index in [1.807, 2.05) is 37.6 Å². The third-order valence-corrected chi connectivity index (χ3v) is 7.76. The highest BCUT2D eigenvalue weighted by atomic mass is 19.4. The maximum atomic E-state index is 15.7. The highest BCUT2D eigenvalue weighted by molar-refractivity contribution is 6.07. The van der Waals surface area contributed by atoms with Gasteiger partial charge in [-0.3, -0.25) is 9.59 Å². The predicted molar refractivity (Wildman–Crippen MR) is 154 cm³/mol. The average molecular weight is 604 g/mol. The zero-order chi connectivity index (χ0) is 31.1. The van der Waals surface area contributed by atoms with Crippen LogP contribution < -0.4 is 20.7 Å². The number of rotatable bonds is 5. The molecule has 2 aliphatic heterocycles. The van der Waals surface area contributed by atoms with Crippen molar-refractivity contribution >= 4 is 23.2 Å². The number of likely N-dealkylation sites (N-methyl/N-ethyl adjacent to an activating group) is 1. The lowest BCUT2D eigenvalue weighted by molar-refractivity contribution is -0.138.